The van der Waals surface area contributed by atoms with Crippen LogP contribution in [0.3, 0.4) is 0 Å². The van der Waals surface area contributed by atoms with Crippen LogP contribution in [0.1, 0.15) is 6.42 Å². The van der Waals surface area contributed by atoms with E-state index < -0.39 is 35.2 Å². The molecule has 1 fully saturated rings. The number of carbonyl (C=O) groups excluding carboxylic acids is 2. The summed E-state index contributed by atoms with van der Waals surface area (Å²) in [5.41, 5.74) is 0.272. The minimum Gasteiger partial charge on any atom is -0.494 e. The van der Waals surface area contributed by atoms with Gasteiger partial charge in [-0.2, -0.15) is 0 Å². The quantitative estimate of drug-likeness (QED) is 0.907. The van der Waals surface area contributed by atoms with Crippen LogP contribution in [0.4, 0.5) is 24.5 Å². The number of anilines is 2. The molecule has 0 spiro atoms. The largest absolute Gasteiger partial charge is 0.494 e. The van der Waals surface area contributed by atoms with Gasteiger partial charge in [0.05, 0.1) is 13.0 Å². The first-order valence-corrected chi connectivity index (χ1v) is 7.78. The van der Waals surface area contributed by atoms with Gasteiger partial charge in [-0.15, -0.1) is 0 Å². The molecule has 0 bridgehead atoms. The number of halogens is 3. The fraction of sp³-hybridized carbons (Fsp3) is 0.222. The van der Waals surface area contributed by atoms with E-state index in [0.29, 0.717) is 6.07 Å². The zero-order chi connectivity index (χ0) is 18.8. The standard InChI is InChI=1S/C18H15F3N2O3/c1-26-16-3-2-13(8-15(16)21)22-18(25)10-4-17(24)23(9-10)14-6-11(19)5-12(20)7-14/h2-3,5-8,10H,4,9H2,1H3,(H,22,25). The summed E-state index contributed by atoms with van der Waals surface area (Å²) < 4.78 is 45.2. The van der Waals surface area contributed by atoms with Gasteiger partial charge in [0.15, 0.2) is 11.6 Å². The van der Waals surface area contributed by atoms with Gasteiger partial charge in [-0.05, 0) is 24.3 Å². The average molecular weight is 364 g/mol. The van der Waals surface area contributed by atoms with E-state index in [9.17, 15) is 22.8 Å². The van der Waals surface area contributed by atoms with Gasteiger partial charge in [0.2, 0.25) is 11.8 Å². The van der Waals surface area contributed by atoms with Crippen LogP contribution in [0.15, 0.2) is 36.4 Å². The molecule has 1 saturated heterocycles. The number of methoxy groups -OCH3 is 1. The van der Waals surface area contributed by atoms with E-state index in [4.69, 9.17) is 4.74 Å². The Morgan fingerprint density at radius 2 is 1.85 bits per heavy atom. The molecule has 0 aliphatic carbocycles. The second kappa shape index (κ2) is 7.07. The fourth-order valence-electron chi connectivity index (χ4n) is 2.82. The molecule has 1 aliphatic rings. The van der Waals surface area contributed by atoms with E-state index in [1.165, 1.54) is 19.2 Å². The molecule has 5 nitrogen and oxygen atoms in total. The normalized spacial score (nSPS) is 16.7. The summed E-state index contributed by atoms with van der Waals surface area (Å²) in [6.07, 6.45) is -0.109. The molecule has 136 valence electrons. The predicted octanol–water partition coefficient (Wildman–Crippen LogP) is 3.10. The smallest absolute Gasteiger partial charge is 0.229 e. The van der Waals surface area contributed by atoms with E-state index in [2.05, 4.69) is 5.32 Å². The Balaban J connectivity index is 1.71. The van der Waals surface area contributed by atoms with Crippen molar-refractivity contribution in [2.75, 3.05) is 23.9 Å². The second-order valence-electron chi connectivity index (χ2n) is 5.87. The number of carbonyl (C=O) groups is 2. The minimum atomic E-state index is -0.811. The second-order valence-corrected chi connectivity index (χ2v) is 5.87. The SMILES string of the molecule is COc1ccc(NC(=O)C2CC(=O)N(c3cc(F)cc(F)c3)C2)cc1F. The third kappa shape index (κ3) is 3.63. The maximum Gasteiger partial charge on any atom is 0.229 e. The molecule has 26 heavy (non-hydrogen) atoms. The van der Waals surface area contributed by atoms with Gasteiger partial charge >= 0.3 is 0 Å². The van der Waals surface area contributed by atoms with Gasteiger partial charge in [0.1, 0.15) is 11.6 Å². The molecule has 1 N–H and O–H groups in total. The Bertz CT molecular complexity index is 853. The highest BCUT2D eigenvalue weighted by Gasteiger charge is 2.35. The molecular formula is C18H15F3N2O3. The van der Waals surface area contributed by atoms with Crippen molar-refractivity contribution >= 4 is 23.2 Å². The number of benzene rings is 2. The summed E-state index contributed by atoms with van der Waals surface area (Å²) in [5.74, 6) is -3.84. The minimum absolute atomic E-state index is 0.0216. The molecule has 1 unspecified atom stereocenters. The molecule has 2 aromatic rings. The van der Waals surface area contributed by atoms with Crippen LogP contribution in [0.2, 0.25) is 0 Å². The van der Waals surface area contributed by atoms with E-state index in [1.54, 1.807) is 0 Å². The Kier molecular flexibility index (Phi) is 4.83. The molecule has 8 heteroatoms. The van der Waals surface area contributed by atoms with Crippen LogP contribution < -0.4 is 15.0 Å². The molecule has 0 saturated carbocycles. The summed E-state index contributed by atoms with van der Waals surface area (Å²) in [5, 5.41) is 2.53. The third-order valence-corrected chi connectivity index (χ3v) is 4.07. The number of amides is 2. The highest BCUT2D eigenvalue weighted by Crippen LogP contribution is 2.28. The monoisotopic (exact) mass is 364 g/mol. The van der Waals surface area contributed by atoms with E-state index >= 15 is 0 Å². The van der Waals surface area contributed by atoms with E-state index in [0.717, 1.165) is 23.1 Å². The van der Waals surface area contributed by atoms with E-state index in [-0.39, 0.29) is 30.1 Å². The van der Waals surface area contributed by atoms with Crippen LogP contribution in [0, 0.1) is 23.4 Å². The van der Waals surface area contributed by atoms with Crippen LogP contribution in [-0.2, 0) is 9.59 Å². The average Bonchev–Trinajstić information content (AvgIpc) is 2.96. The van der Waals surface area contributed by atoms with Crippen molar-refractivity contribution < 1.29 is 27.5 Å². The van der Waals surface area contributed by atoms with Gasteiger partial charge in [-0.3, -0.25) is 9.59 Å². The topological polar surface area (TPSA) is 58.6 Å². The number of rotatable bonds is 4. The zero-order valence-electron chi connectivity index (χ0n) is 13.8. The molecule has 0 aromatic heterocycles. The summed E-state index contributed by atoms with van der Waals surface area (Å²) >= 11 is 0. The Hall–Kier alpha value is -3.03. The number of nitrogens with zero attached hydrogens (tertiary/aromatic N) is 1. The molecule has 1 atom stereocenters. The van der Waals surface area contributed by atoms with Crippen LogP contribution in [-0.4, -0.2) is 25.5 Å². The van der Waals surface area contributed by atoms with Crippen molar-refractivity contribution in [1.82, 2.24) is 0 Å². The predicted molar refractivity (Wildman–Crippen MR) is 88.4 cm³/mol. The van der Waals surface area contributed by atoms with Crippen molar-refractivity contribution in [2.45, 2.75) is 6.42 Å². The van der Waals surface area contributed by atoms with Crippen LogP contribution in [0.5, 0.6) is 5.75 Å². The van der Waals surface area contributed by atoms with Crippen molar-refractivity contribution in [3.63, 3.8) is 0 Å². The highest BCUT2D eigenvalue weighted by molar-refractivity contribution is 6.03. The summed E-state index contributed by atoms with van der Waals surface area (Å²) in [7, 11) is 1.32. The van der Waals surface area contributed by atoms with Crippen LogP contribution >= 0.6 is 0 Å². The summed E-state index contributed by atoms with van der Waals surface area (Å²) in [6, 6.07) is 6.70. The maximum absolute atomic E-state index is 13.7. The number of nitrogens with one attached hydrogen (secondary N) is 1. The maximum atomic E-state index is 13.7. The first-order chi connectivity index (χ1) is 12.4. The molecule has 2 aromatic carbocycles. The summed E-state index contributed by atoms with van der Waals surface area (Å²) in [6.45, 7) is -0.0216. The van der Waals surface area contributed by atoms with Gasteiger partial charge in [-0.25, -0.2) is 13.2 Å². The van der Waals surface area contributed by atoms with Gasteiger partial charge in [0, 0.05) is 36.5 Å². The molecule has 3 rings (SSSR count). The van der Waals surface area contributed by atoms with Crippen molar-refractivity contribution in [3.05, 3.63) is 53.8 Å². The lowest BCUT2D eigenvalue weighted by Gasteiger charge is -2.17. The molecule has 0 radical (unpaired) electrons. The number of hydrogen-bond donors (Lipinski definition) is 1. The lowest BCUT2D eigenvalue weighted by molar-refractivity contribution is -0.122. The zero-order valence-corrected chi connectivity index (χ0v) is 13.8. The summed E-state index contributed by atoms with van der Waals surface area (Å²) in [4.78, 5) is 25.6. The number of ether oxygens (including phenoxy) is 1. The van der Waals surface area contributed by atoms with Gasteiger partial charge in [0.25, 0.3) is 0 Å². The number of hydrogen-bond acceptors (Lipinski definition) is 3. The fourth-order valence-corrected chi connectivity index (χ4v) is 2.82. The lowest BCUT2D eigenvalue weighted by Crippen LogP contribution is -2.28. The first kappa shape index (κ1) is 17.8. The van der Waals surface area contributed by atoms with Crippen molar-refractivity contribution in [3.8, 4) is 5.75 Å². The van der Waals surface area contributed by atoms with Gasteiger partial charge < -0.3 is 15.0 Å². The van der Waals surface area contributed by atoms with Crippen LogP contribution in [0.25, 0.3) is 0 Å². The molecule has 2 amide bonds. The lowest BCUT2D eigenvalue weighted by atomic mass is 10.1. The molecule has 1 heterocycles. The van der Waals surface area contributed by atoms with Gasteiger partial charge in [-0.1, -0.05) is 0 Å². The van der Waals surface area contributed by atoms with E-state index in [1.807, 2.05) is 0 Å². The Morgan fingerprint density at radius 1 is 1.15 bits per heavy atom. The van der Waals surface area contributed by atoms with Crippen molar-refractivity contribution in [1.29, 1.82) is 0 Å². The molecule has 1 aliphatic heterocycles. The highest BCUT2D eigenvalue weighted by atomic mass is 19.1. The Labute approximate surface area is 147 Å². The molecular weight excluding hydrogens is 349 g/mol. The third-order valence-electron chi connectivity index (χ3n) is 4.07. The first-order valence-electron chi connectivity index (χ1n) is 7.78. The van der Waals surface area contributed by atoms with Crippen molar-refractivity contribution in [2.24, 2.45) is 5.92 Å². The Morgan fingerprint density at radius 3 is 2.46 bits per heavy atom.